The van der Waals surface area contributed by atoms with E-state index >= 15 is 0 Å². The molecule has 0 aliphatic rings. The number of ether oxygens (including phenoxy) is 1. The van der Waals surface area contributed by atoms with E-state index < -0.39 is 0 Å². The van der Waals surface area contributed by atoms with Gasteiger partial charge in [0, 0.05) is 25.3 Å². The van der Waals surface area contributed by atoms with Gasteiger partial charge in [-0.1, -0.05) is 11.6 Å². The van der Waals surface area contributed by atoms with Crippen molar-refractivity contribution in [3.63, 3.8) is 0 Å². The largest absolute Gasteiger partial charge is 0.385 e. The van der Waals surface area contributed by atoms with Crippen molar-refractivity contribution >= 4 is 17.3 Å². The first kappa shape index (κ1) is 12.8. The Kier molecular flexibility index (Phi) is 5.69. The fourth-order valence-electron chi connectivity index (χ4n) is 1.36. The lowest BCUT2D eigenvalue weighted by Crippen LogP contribution is -2.04. The Morgan fingerprint density at radius 1 is 1.44 bits per heavy atom. The molecule has 0 amide bonds. The summed E-state index contributed by atoms with van der Waals surface area (Å²) in [5, 5.41) is 12.7. The van der Waals surface area contributed by atoms with Crippen LogP contribution in [0.4, 0.5) is 5.69 Å². The second kappa shape index (κ2) is 7.10. The zero-order valence-corrected chi connectivity index (χ0v) is 10.0. The van der Waals surface area contributed by atoms with Crippen LogP contribution in [-0.4, -0.2) is 20.3 Å². The number of anilines is 1. The molecular formula is C12H15ClN2O. The monoisotopic (exact) mass is 238 g/mol. The summed E-state index contributed by atoms with van der Waals surface area (Å²) < 4.78 is 4.96. The summed E-state index contributed by atoms with van der Waals surface area (Å²) >= 11 is 5.80. The minimum Gasteiger partial charge on any atom is -0.385 e. The molecule has 0 unspecified atom stereocenters. The number of nitrogens with zero attached hydrogens (tertiary/aromatic N) is 1. The second-order valence-corrected chi connectivity index (χ2v) is 3.86. The van der Waals surface area contributed by atoms with E-state index in [-0.39, 0.29) is 0 Å². The van der Waals surface area contributed by atoms with Crippen LogP contribution < -0.4 is 5.32 Å². The molecule has 4 heteroatoms. The summed E-state index contributed by atoms with van der Waals surface area (Å²) in [7, 11) is 1.69. The molecule has 86 valence electrons. The first-order valence-corrected chi connectivity index (χ1v) is 5.58. The fraction of sp³-hybridized carbons (Fsp3) is 0.417. The van der Waals surface area contributed by atoms with Crippen LogP contribution in [0.3, 0.4) is 0 Å². The first-order valence-electron chi connectivity index (χ1n) is 5.20. The molecule has 0 heterocycles. The molecule has 1 aromatic rings. The van der Waals surface area contributed by atoms with Gasteiger partial charge in [0.05, 0.1) is 11.3 Å². The Balaban J connectivity index is 2.45. The predicted octanol–water partition coefficient (Wildman–Crippen LogP) is 3.05. The maximum Gasteiger partial charge on any atom is 0.101 e. The maximum absolute atomic E-state index is 8.91. The van der Waals surface area contributed by atoms with E-state index in [1.165, 1.54) is 0 Å². The van der Waals surface area contributed by atoms with Crippen LogP contribution in [-0.2, 0) is 4.74 Å². The van der Waals surface area contributed by atoms with E-state index in [0.29, 0.717) is 10.6 Å². The zero-order chi connectivity index (χ0) is 11.8. The van der Waals surface area contributed by atoms with Gasteiger partial charge in [0.2, 0.25) is 0 Å². The van der Waals surface area contributed by atoms with Gasteiger partial charge in [-0.05, 0) is 31.0 Å². The van der Waals surface area contributed by atoms with Crippen molar-refractivity contribution in [2.24, 2.45) is 0 Å². The van der Waals surface area contributed by atoms with Gasteiger partial charge in [-0.25, -0.2) is 0 Å². The summed E-state index contributed by atoms with van der Waals surface area (Å²) in [6.07, 6.45) is 2.03. The molecule has 0 aromatic heterocycles. The third-order valence-electron chi connectivity index (χ3n) is 2.19. The van der Waals surface area contributed by atoms with Crippen molar-refractivity contribution in [3.8, 4) is 6.07 Å². The number of hydrogen-bond donors (Lipinski definition) is 1. The quantitative estimate of drug-likeness (QED) is 0.775. The summed E-state index contributed by atoms with van der Waals surface area (Å²) in [5.41, 5.74) is 1.42. The van der Waals surface area contributed by atoms with Gasteiger partial charge >= 0.3 is 0 Å². The van der Waals surface area contributed by atoms with Crippen molar-refractivity contribution in [2.45, 2.75) is 12.8 Å². The van der Waals surface area contributed by atoms with Crippen molar-refractivity contribution in [3.05, 3.63) is 28.8 Å². The van der Waals surface area contributed by atoms with Gasteiger partial charge in [-0.2, -0.15) is 5.26 Å². The number of methoxy groups -OCH3 is 1. The Labute approximate surface area is 101 Å². The smallest absolute Gasteiger partial charge is 0.101 e. The molecule has 16 heavy (non-hydrogen) atoms. The summed E-state index contributed by atoms with van der Waals surface area (Å²) in [6, 6.07) is 7.39. The predicted molar refractivity (Wildman–Crippen MR) is 65.8 cm³/mol. The van der Waals surface area contributed by atoms with Crippen LogP contribution in [0.1, 0.15) is 18.4 Å². The fourth-order valence-corrected chi connectivity index (χ4v) is 1.53. The number of halogens is 1. The van der Waals surface area contributed by atoms with Crippen LogP contribution in [0.5, 0.6) is 0 Å². The number of rotatable bonds is 6. The normalized spacial score (nSPS) is 9.81. The molecule has 0 fully saturated rings. The molecule has 1 N–H and O–H groups in total. The van der Waals surface area contributed by atoms with E-state index in [9.17, 15) is 0 Å². The zero-order valence-electron chi connectivity index (χ0n) is 9.29. The first-order chi connectivity index (χ1) is 7.77. The standard InChI is InChI=1S/C12H15ClN2O/c1-16-7-3-2-6-15-12-5-4-11(13)8-10(12)9-14/h4-5,8,15H,2-3,6-7H2,1H3. The van der Waals surface area contributed by atoms with Gasteiger partial charge < -0.3 is 10.1 Å². The SMILES string of the molecule is COCCCCNc1ccc(Cl)cc1C#N. The molecular weight excluding hydrogens is 224 g/mol. The molecule has 0 atom stereocenters. The van der Waals surface area contributed by atoms with Crippen molar-refractivity contribution in [1.29, 1.82) is 5.26 Å². The topological polar surface area (TPSA) is 45.0 Å². The number of benzene rings is 1. The van der Waals surface area contributed by atoms with Crippen molar-refractivity contribution in [1.82, 2.24) is 0 Å². The van der Waals surface area contributed by atoms with Gasteiger partial charge in [0.25, 0.3) is 0 Å². The van der Waals surface area contributed by atoms with E-state index in [1.807, 2.05) is 6.07 Å². The average molecular weight is 239 g/mol. The Bertz CT molecular complexity index is 374. The lowest BCUT2D eigenvalue weighted by molar-refractivity contribution is 0.194. The summed E-state index contributed by atoms with van der Waals surface area (Å²) in [5.74, 6) is 0. The Morgan fingerprint density at radius 3 is 2.94 bits per heavy atom. The third-order valence-corrected chi connectivity index (χ3v) is 2.43. The number of unbranched alkanes of at least 4 members (excludes halogenated alkanes) is 1. The average Bonchev–Trinajstić information content (AvgIpc) is 2.30. The minimum absolute atomic E-state index is 0.583. The van der Waals surface area contributed by atoms with Crippen LogP contribution in [0.15, 0.2) is 18.2 Å². The second-order valence-electron chi connectivity index (χ2n) is 3.43. The molecule has 0 aliphatic heterocycles. The highest BCUT2D eigenvalue weighted by molar-refractivity contribution is 6.30. The van der Waals surface area contributed by atoms with E-state index in [2.05, 4.69) is 11.4 Å². The highest BCUT2D eigenvalue weighted by Gasteiger charge is 2.01. The van der Waals surface area contributed by atoms with E-state index in [4.69, 9.17) is 21.6 Å². The number of nitrogens with one attached hydrogen (secondary N) is 1. The van der Waals surface area contributed by atoms with Crippen molar-refractivity contribution < 1.29 is 4.74 Å². The molecule has 0 spiro atoms. The summed E-state index contributed by atoms with van der Waals surface area (Å²) in [4.78, 5) is 0. The van der Waals surface area contributed by atoms with Crippen molar-refractivity contribution in [2.75, 3.05) is 25.6 Å². The highest BCUT2D eigenvalue weighted by Crippen LogP contribution is 2.19. The number of nitriles is 1. The van der Waals surface area contributed by atoms with E-state index in [1.54, 1.807) is 19.2 Å². The van der Waals surface area contributed by atoms with Crippen LogP contribution in [0.25, 0.3) is 0 Å². The Morgan fingerprint density at radius 2 is 2.25 bits per heavy atom. The minimum atomic E-state index is 0.583. The molecule has 0 radical (unpaired) electrons. The molecule has 1 rings (SSSR count). The van der Waals surface area contributed by atoms with Gasteiger partial charge in [-0.3, -0.25) is 0 Å². The molecule has 0 saturated heterocycles. The summed E-state index contributed by atoms with van der Waals surface area (Å²) in [6.45, 7) is 1.60. The lowest BCUT2D eigenvalue weighted by Gasteiger charge is -2.08. The molecule has 0 aliphatic carbocycles. The molecule has 3 nitrogen and oxygen atoms in total. The van der Waals surface area contributed by atoms with Crippen LogP contribution in [0, 0.1) is 11.3 Å². The molecule has 0 saturated carbocycles. The highest BCUT2D eigenvalue weighted by atomic mass is 35.5. The van der Waals surface area contributed by atoms with Gasteiger partial charge in [-0.15, -0.1) is 0 Å². The van der Waals surface area contributed by atoms with E-state index in [0.717, 1.165) is 31.7 Å². The van der Waals surface area contributed by atoms with Crippen LogP contribution >= 0.6 is 11.6 Å². The molecule has 1 aromatic carbocycles. The lowest BCUT2D eigenvalue weighted by atomic mass is 10.2. The maximum atomic E-state index is 8.91. The van der Waals surface area contributed by atoms with Gasteiger partial charge in [0.15, 0.2) is 0 Å². The third kappa shape index (κ3) is 4.09. The Hall–Kier alpha value is -1.24. The molecule has 0 bridgehead atoms. The number of hydrogen-bond acceptors (Lipinski definition) is 3. The van der Waals surface area contributed by atoms with Gasteiger partial charge in [0.1, 0.15) is 6.07 Å². The van der Waals surface area contributed by atoms with Crippen LogP contribution in [0.2, 0.25) is 5.02 Å².